The van der Waals surface area contributed by atoms with Crippen LogP contribution in [0.1, 0.15) is 13.3 Å². The average molecular weight is 344 g/mol. The van der Waals surface area contributed by atoms with Crippen molar-refractivity contribution < 1.29 is 9.53 Å². The number of halogens is 1. The van der Waals surface area contributed by atoms with Crippen molar-refractivity contribution >= 4 is 26.0 Å². The van der Waals surface area contributed by atoms with Crippen molar-refractivity contribution in [2.75, 3.05) is 7.11 Å². The molecular formula is C12H13IN2O2. The summed E-state index contributed by atoms with van der Waals surface area (Å²) in [6.07, 6.45) is 6.41. The summed E-state index contributed by atoms with van der Waals surface area (Å²) in [6, 6.07) is 2.20. The normalized spacial score (nSPS) is 24.8. The molecule has 0 aliphatic carbocycles. The molecular weight excluding hydrogens is 331 g/mol. The fraction of sp³-hybridized carbons (Fsp3) is 0.333. The Morgan fingerprint density at radius 2 is 2.41 bits per heavy atom. The van der Waals surface area contributed by atoms with Crippen molar-refractivity contribution in [3.8, 4) is 6.07 Å². The van der Waals surface area contributed by atoms with Crippen LogP contribution in [0.15, 0.2) is 33.1 Å². The van der Waals surface area contributed by atoms with Crippen LogP contribution in [0.2, 0.25) is 0 Å². The summed E-state index contributed by atoms with van der Waals surface area (Å²) in [5, 5.41) is 9.22. The predicted octanol–water partition coefficient (Wildman–Crippen LogP) is 2.19. The first-order valence-corrected chi connectivity index (χ1v) is 8.67. The van der Waals surface area contributed by atoms with Crippen molar-refractivity contribution in [1.29, 1.82) is 5.26 Å². The van der Waals surface area contributed by atoms with Crippen LogP contribution in [-0.4, -0.2) is 16.9 Å². The fourth-order valence-corrected chi connectivity index (χ4v) is 7.12. The molecule has 0 spiro atoms. The van der Waals surface area contributed by atoms with Crippen LogP contribution >= 0.6 is 20.1 Å². The van der Waals surface area contributed by atoms with Gasteiger partial charge in [0.05, 0.1) is 0 Å². The number of nitriles is 1. The van der Waals surface area contributed by atoms with Crippen LogP contribution in [0.3, 0.4) is 0 Å². The van der Waals surface area contributed by atoms with Gasteiger partial charge in [0.2, 0.25) is 0 Å². The molecule has 90 valence electrons. The maximum absolute atomic E-state index is 11.6. The van der Waals surface area contributed by atoms with Crippen LogP contribution in [0.4, 0.5) is 0 Å². The Hall–Kier alpha value is -1.29. The molecule has 1 unspecified atom stereocenters. The van der Waals surface area contributed by atoms with Crippen LogP contribution < -0.4 is 3.53 Å². The van der Waals surface area contributed by atoms with Gasteiger partial charge in [0.1, 0.15) is 0 Å². The Balaban J connectivity index is 2.45. The molecule has 2 heterocycles. The van der Waals surface area contributed by atoms with Crippen LogP contribution in [0, 0.1) is 11.3 Å². The number of nitrogens with one attached hydrogen (secondary N) is 1. The summed E-state index contributed by atoms with van der Waals surface area (Å²) in [6.45, 7) is 2.04. The number of carbonyl (C=O) groups is 1. The monoisotopic (exact) mass is 344 g/mol. The van der Waals surface area contributed by atoms with Gasteiger partial charge in [-0.1, -0.05) is 0 Å². The van der Waals surface area contributed by atoms with Gasteiger partial charge in [-0.3, -0.25) is 0 Å². The molecule has 4 nitrogen and oxygen atoms in total. The van der Waals surface area contributed by atoms with Crippen LogP contribution in [0.5, 0.6) is 0 Å². The second-order valence-electron chi connectivity index (χ2n) is 3.60. The summed E-state index contributed by atoms with van der Waals surface area (Å²) in [7, 11) is 1.55. The van der Waals surface area contributed by atoms with E-state index in [-0.39, 0.29) is 9.83 Å². The topological polar surface area (TPSA) is 62.1 Å². The Labute approximate surface area is 108 Å². The van der Waals surface area contributed by atoms with Gasteiger partial charge in [-0.2, -0.15) is 0 Å². The van der Waals surface area contributed by atoms with Crippen molar-refractivity contribution in [3.63, 3.8) is 0 Å². The van der Waals surface area contributed by atoms with E-state index in [1.807, 2.05) is 13.0 Å². The summed E-state index contributed by atoms with van der Waals surface area (Å²) in [4.78, 5) is 11.6. The average Bonchev–Trinajstić information content (AvgIpc) is 2.36. The molecule has 2 aliphatic rings. The van der Waals surface area contributed by atoms with E-state index >= 15 is 0 Å². The van der Waals surface area contributed by atoms with E-state index in [0.717, 1.165) is 12.0 Å². The number of methoxy groups -OCH3 is 1. The molecule has 17 heavy (non-hydrogen) atoms. The van der Waals surface area contributed by atoms with E-state index < -0.39 is 20.1 Å². The Morgan fingerprint density at radius 3 is 3.00 bits per heavy atom. The third-order valence-corrected chi connectivity index (χ3v) is 8.27. The first kappa shape index (κ1) is 12.2. The number of allylic oxidation sites excluding steroid dienone is 4. The standard InChI is InChI=1S/C12H13IN2O2/c1-3-8-6-12(16)15-13-9(8)4-5-11(17-2)10(13)7-14/h4-6,9H,3H2,1-2H3,(H,15,16). The van der Waals surface area contributed by atoms with Gasteiger partial charge in [0.15, 0.2) is 0 Å². The summed E-state index contributed by atoms with van der Waals surface area (Å²) in [5.41, 5.74) is 1.12. The summed E-state index contributed by atoms with van der Waals surface area (Å²) in [5.74, 6) is 0.536. The third-order valence-electron chi connectivity index (χ3n) is 2.66. The zero-order valence-electron chi connectivity index (χ0n) is 9.66. The van der Waals surface area contributed by atoms with Crippen molar-refractivity contribution in [2.24, 2.45) is 0 Å². The van der Waals surface area contributed by atoms with E-state index in [1.165, 1.54) is 0 Å². The number of hydrogen-bond donors (Lipinski definition) is 1. The maximum atomic E-state index is 11.6. The van der Waals surface area contributed by atoms with E-state index in [0.29, 0.717) is 9.34 Å². The number of carbonyl (C=O) groups excluding carboxylic acids is 1. The number of rotatable bonds is 2. The number of hydrogen-bond acceptors (Lipinski definition) is 3. The summed E-state index contributed by atoms with van der Waals surface area (Å²) < 4.78 is 9.05. The van der Waals surface area contributed by atoms with E-state index in [2.05, 4.69) is 15.7 Å². The van der Waals surface area contributed by atoms with Gasteiger partial charge in [-0.15, -0.1) is 0 Å². The Bertz CT molecular complexity index is 485. The molecule has 0 aromatic rings. The molecule has 0 aromatic carbocycles. The molecule has 1 amide bonds. The number of amides is 1. The molecule has 2 rings (SSSR count). The minimum absolute atomic E-state index is 0.0678. The second-order valence-corrected chi connectivity index (χ2v) is 8.34. The van der Waals surface area contributed by atoms with Gasteiger partial charge < -0.3 is 0 Å². The first-order chi connectivity index (χ1) is 8.21. The Kier molecular flexibility index (Phi) is 3.52. The first-order valence-electron chi connectivity index (χ1n) is 5.27. The molecule has 1 N–H and O–H groups in total. The van der Waals surface area contributed by atoms with Crippen molar-refractivity contribution in [2.45, 2.75) is 17.3 Å². The van der Waals surface area contributed by atoms with E-state index in [9.17, 15) is 10.1 Å². The van der Waals surface area contributed by atoms with Crippen molar-refractivity contribution in [1.82, 2.24) is 3.53 Å². The van der Waals surface area contributed by atoms with Gasteiger partial charge in [0.25, 0.3) is 0 Å². The molecule has 2 aliphatic heterocycles. The van der Waals surface area contributed by atoms with Gasteiger partial charge in [-0.05, 0) is 0 Å². The fourth-order valence-electron chi connectivity index (χ4n) is 1.84. The molecule has 0 saturated heterocycles. The van der Waals surface area contributed by atoms with Gasteiger partial charge in [-0.25, -0.2) is 0 Å². The van der Waals surface area contributed by atoms with Gasteiger partial charge in [0, 0.05) is 0 Å². The van der Waals surface area contributed by atoms with Crippen LogP contribution in [-0.2, 0) is 9.53 Å². The molecule has 0 aromatic heterocycles. The minimum atomic E-state index is -2.01. The number of fused-ring (bicyclic) bond motifs is 1. The molecule has 0 radical (unpaired) electrons. The number of ether oxygens (including phenoxy) is 1. The van der Waals surface area contributed by atoms with Gasteiger partial charge >= 0.3 is 108 Å². The quantitative estimate of drug-likeness (QED) is 0.475. The number of nitrogens with zero attached hydrogens (tertiary/aromatic N) is 1. The number of alkyl halides is 1. The predicted molar refractivity (Wildman–Crippen MR) is 73.1 cm³/mol. The van der Waals surface area contributed by atoms with E-state index in [4.69, 9.17) is 4.74 Å². The molecule has 1 atom stereocenters. The third kappa shape index (κ3) is 2.09. The molecule has 0 bridgehead atoms. The van der Waals surface area contributed by atoms with E-state index in [1.54, 1.807) is 13.2 Å². The second kappa shape index (κ2) is 4.92. The summed E-state index contributed by atoms with van der Waals surface area (Å²) >= 11 is -2.01. The van der Waals surface area contributed by atoms with Crippen LogP contribution in [0.25, 0.3) is 0 Å². The molecule has 0 fully saturated rings. The zero-order chi connectivity index (χ0) is 12.4. The molecule has 0 saturated carbocycles. The zero-order valence-corrected chi connectivity index (χ0v) is 11.8. The van der Waals surface area contributed by atoms with Crippen molar-refractivity contribution in [3.05, 3.63) is 33.1 Å². The SMILES string of the molecule is CCC1=CC(=O)NI2C(C#N)=C(OC)C=CC12. The molecule has 5 heteroatoms. The Morgan fingerprint density at radius 1 is 1.65 bits per heavy atom.